The Bertz CT molecular complexity index is 414. The minimum Gasteiger partial charge on any atom is -0.478 e. The summed E-state index contributed by atoms with van der Waals surface area (Å²) in [5.41, 5.74) is 0. The lowest BCUT2D eigenvalue weighted by atomic mass is 10.0. The van der Waals surface area contributed by atoms with E-state index in [9.17, 15) is 20.1 Å². The number of aliphatic carboxylic acids is 1. The van der Waals surface area contributed by atoms with Crippen molar-refractivity contribution < 1.29 is 25.2 Å². The van der Waals surface area contributed by atoms with Crippen molar-refractivity contribution in [3.63, 3.8) is 0 Å². The van der Waals surface area contributed by atoms with Gasteiger partial charge in [0.05, 0.1) is 18.3 Å². The molecular weight excluding hydrogens is 320 g/mol. The van der Waals surface area contributed by atoms with Crippen LogP contribution in [0.3, 0.4) is 0 Å². The largest absolute Gasteiger partial charge is 0.478 e. The number of allylic oxidation sites excluding steroid dienone is 4. The molecule has 25 heavy (non-hydrogen) atoms. The molecule has 0 saturated heterocycles. The zero-order valence-electron chi connectivity index (χ0n) is 15.3. The number of carboxylic acids is 1. The zero-order chi connectivity index (χ0) is 18.9. The molecule has 0 aromatic rings. The number of hydrogen-bond donors (Lipinski definition) is 4. The average Bonchev–Trinajstić information content (AvgIpc) is 2.58. The molecule has 3 atom stereocenters. The molecular formula is C20H34O5. The lowest BCUT2D eigenvalue weighted by molar-refractivity contribution is -0.131. The minimum atomic E-state index is -1.02. The standard InChI is InChI=1S/C20H34O5/c1-2-3-4-5-6-9-12-17(21)15-16-19(23)18(22)13-10-7-8-11-14-20(24)25/h7-8,10-11,13-14,17-19,21-23H,2-6,9,12,15-16H2,1H3,(H,24,25). The first-order valence-electron chi connectivity index (χ1n) is 9.26. The first kappa shape index (κ1) is 23.6. The number of carboxylic acid groups (broad SMARTS) is 1. The highest BCUT2D eigenvalue weighted by atomic mass is 16.4. The molecule has 5 heteroatoms. The van der Waals surface area contributed by atoms with Gasteiger partial charge in [0.25, 0.3) is 0 Å². The monoisotopic (exact) mass is 354 g/mol. The van der Waals surface area contributed by atoms with E-state index in [4.69, 9.17) is 5.11 Å². The zero-order valence-corrected chi connectivity index (χ0v) is 15.3. The summed E-state index contributed by atoms with van der Waals surface area (Å²) in [4.78, 5) is 10.2. The summed E-state index contributed by atoms with van der Waals surface area (Å²) < 4.78 is 0. The van der Waals surface area contributed by atoms with Crippen LogP contribution in [-0.4, -0.2) is 44.7 Å². The summed E-state index contributed by atoms with van der Waals surface area (Å²) in [7, 11) is 0. The fourth-order valence-electron chi connectivity index (χ4n) is 2.41. The number of hydrogen-bond acceptors (Lipinski definition) is 4. The fraction of sp³-hybridized carbons (Fsp3) is 0.650. The molecule has 0 aliphatic carbocycles. The van der Waals surface area contributed by atoms with E-state index in [1.807, 2.05) is 0 Å². The van der Waals surface area contributed by atoms with Crippen LogP contribution < -0.4 is 0 Å². The SMILES string of the molecule is CCCCCCCCC(O)CCC(O)C(O)C=CC=CC=CC(=O)O. The van der Waals surface area contributed by atoms with Gasteiger partial charge in [-0.25, -0.2) is 4.79 Å². The van der Waals surface area contributed by atoms with Crippen molar-refractivity contribution in [2.45, 2.75) is 83.0 Å². The Balaban J connectivity index is 3.84. The third-order valence-electron chi connectivity index (χ3n) is 3.96. The van der Waals surface area contributed by atoms with E-state index in [-0.39, 0.29) is 0 Å². The van der Waals surface area contributed by atoms with Gasteiger partial charge in [-0.2, -0.15) is 0 Å². The van der Waals surface area contributed by atoms with E-state index < -0.39 is 24.3 Å². The first-order valence-corrected chi connectivity index (χ1v) is 9.26. The molecule has 0 radical (unpaired) electrons. The van der Waals surface area contributed by atoms with E-state index in [1.165, 1.54) is 43.9 Å². The highest BCUT2D eigenvalue weighted by Crippen LogP contribution is 2.13. The van der Waals surface area contributed by atoms with Gasteiger partial charge in [-0.1, -0.05) is 75.8 Å². The molecule has 0 aromatic heterocycles. The maximum Gasteiger partial charge on any atom is 0.328 e. The van der Waals surface area contributed by atoms with E-state index in [2.05, 4.69) is 6.92 Å². The summed E-state index contributed by atoms with van der Waals surface area (Å²) in [6.45, 7) is 2.19. The quantitative estimate of drug-likeness (QED) is 0.205. The highest BCUT2D eigenvalue weighted by Gasteiger charge is 2.15. The van der Waals surface area contributed by atoms with E-state index >= 15 is 0 Å². The Kier molecular flexibility index (Phi) is 15.1. The fourth-order valence-corrected chi connectivity index (χ4v) is 2.41. The maximum absolute atomic E-state index is 10.2. The summed E-state index contributed by atoms with van der Waals surface area (Å²) >= 11 is 0. The first-order chi connectivity index (χ1) is 12.0. The lowest BCUT2D eigenvalue weighted by Gasteiger charge is -2.16. The van der Waals surface area contributed by atoms with Gasteiger partial charge in [0.2, 0.25) is 0 Å². The number of aliphatic hydroxyl groups excluding tert-OH is 3. The van der Waals surface area contributed by atoms with E-state index in [1.54, 1.807) is 12.2 Å². The second-order valence-electron chi connectivity index (χ2n) is 6.31. The normalized spacial score (nSPS) is 16.0. The molecule has 3 unspecified atom stereocenters. The highest BCUT2D eigenvalue weighted by molar-refractivity contribution is 5.80. The summed E-state index contributed by atoms with van der Waals surface area (Å²) in [6, 6.07) is 0. The van der Waals surface area contributed by atoms with Crippen LogP contribution in [-0.2, 0) is 4.79 Å². The van der Waals surface area contributed by atoms with E-state index in [0.717, 1.165) is 25.3 Å². The smallest absolute Gasteiger partial charge is 0.328 e. The van der Waals surface area contributed by atoms with Gasteiger partial charge in [0.15, 0.2) is 0 Å². The molecule has 0 amide bonds. The molecule has 4 N–H and O–H groups in total. The van der Waals surface area contributed by atoms with Crippen molar-refractivity contribution in [3.8, 4) is 0 Å². The molecule has 5 nitrogen and oxygen atoms in total. The predicted molar refractivity (Wildman–Crippen MR) is 100 cm³/mol. The van der Waals surface area contributed by atoms with Crippen LogP contribution in [0.4, 0.5) is 0 Å². The summed E-state index contributed by atoms with van der Waals surface area (Å²) in [5.74, 6) is -1.02. The van der Waals surface area contributed by atoms with Gasteiger partial charge in [-0.05, 0) is 19.3 Å². The van der Waals surface area contributed by atoms with Gasteiger partial charge < -0.3 is 20.4 Å². The molecule has 0 heterocycles. The second-order valence-corrected chi connectivity index (χ2v) is 6.31. The Labute approximate surface area is 151 Å². The van der Waals surface area contributed by atoms with Gasteiger partial charge in [-0.3, -0.25) is 0 Å². The average molecular weight is 354 g/mol. The van der Waals surface area contributed by atoms with Gasteiger partial charge in [0.1, 0.15) is 0 Å². The van der Waals surface area contributed by atoms with Crippen LogP contribution in [0.25, 0.3) is 0 Å². The van der Waals surface area contributed by atoms with Crippen molar-refractivity contribution in [2.24, 2.45) is 0 Å². The molecule has 0 saturated carbocycles. The van der Waals surface area contributed by atoms with Crippen molar-refractivity contribution in [1.82, 2.24) is 0 Å². The van der Waals surface area contributed by atoms with Crippen molar-refractivity contribution >= 4 is 5.97 Å². The Morgan fingerprint density at radius 1 is 0.840 bits per heavy atom. The molecule has 0 aliphatic rings. The van der Waals surface area contributed by atoms with Crippen LogP contribution in [0.15, 0.2) is 36.5 Å². The third-order valence-corrected chi connectivity index (χ3v) is 3.96. The molecule has 144 valence electrons. The second kappa shape index (κ2) is 16.1. The van der Waals surface area contributed by atoms with Gasteiger partial charge in [0, 0.05) is 6.08 Å². The molecule has 0 bridgehead atoms. The number of unbranched alkanes of at least 4 members (excludes halogenated alkanes) is 5. The van der Waals surface area contributed by atoms with Crippen molar-refractivity contribution in [1.29, 1.82) is 0 Å². The van der Waals surface area contributed by atoms with Crippen LogP contribution in [0.1, 0.15) is 64.7 Å². The van der Waals surface area contributed by atoms with Gasteiger partial charge >= 0.3 is 5.97 Å². The third kappa shape index (κ3) is 15.8. The Morgan fingerprint density at radius 3 is 2.16 bits per heavy atom. The minimum absolute atomic E-state index is 0.338. The van der Waals surface area contributed by atoms with Gasteiger partial charge in [-0.15, -0.1) is 0 Å². The number of aliphatic hydroxyl groups is 3. The molecule has 0 spiro atoms. The topological polar surface area (TPSA) is 98.0 Å². The number of rotatable bonds is 15. The summed E-state index contributed by atoms with van der Waals surface area (Å²) in [5, 5.41) is 38.0. The molecule has 0 aliphatic heterocycles. The van der Waals surface area contributed by atoms with Crippen LogP contribution >= 0.6 is 0 Å². The predicted octanol–water partition coefficient (Wildman–Crippen LogP) is 3.35. The number of carbonyl (C=O) groups is 1. The Morgan fingerprint density at radius 2 is 1.48 bits per heavy atom. The van der Waals surface area contributed by atoms with Crippen molar-refractivity contribution in [3.05, 3.63) is 36.5 Å². The van der Waals surface area contributed by atoms with Crippen LogP contribution in [0.2, 0.25) is 0 Å². The molecule has 0 fully saturated rings. The van der Waals surface area contributed by atoms with Crippen LogP contribution in [0.5, 0.6) is 0 Å². The lowest BCUT2D eigenvalue weighted by Crippen LogP contribution is -2.25. The maximum atomic E-state index is 10.2. The Hall–Kier alpha value is -1.43. The summed E-state index contributed by atoms with van der Waals surface area (Å²) in [6.07, 6.45) is 14.7. The molecule has 0 rings (SSSR count). The van der Waals surface area contributed by atoms with Crippen molar-refractivity contribution in [2.75, 3.05) is 0 Å². The van der Waals surface area contributed by atoms with E-state index in [0.29, 0.717) is 12.8 Å². The van der Waals surface area contributed by atoms with Crippen LogP contribution in [0, 0.1) is 0 Å². The molecule has 0 aromatic carbocycles.